The van der Waals surface area contributed by atoms with Gasteiger partial charge in [0.15, 0.2) is 0 Å². The first kappa shape index (κ1) is 4.13. The number of hydrogen-bond acceptors (Lipinski definition) is 1. The molecule has 36 valence electrons. The van der Waals surface area contributed by atoms with E-state index in [1.165, 1.54) is 6.42 Å². The minimum Gasteiger partial charge on any atom is -0.330 e. The zero-order valence-electron chi connectivity index (χ0n) is 4.15. The summed E-state index contributed by atoms with van der Waals surface area (Å²) < 4.78 is 0. The molecule has 0 aliphatic heterocycles. The highest BCUT2D eigenvalue weighted by atomic mass is 14.6. The van der Waals surface area contributed by atoms with Crippen LogP contribution in [0.3, 0.4) is 0 Å². The van der Waals surface area contributed by atoms with Crippen LogP contribution in [0.25, 0.3) is 0 Å². The van der Waals surface area contributed by atoms with E-state index in [9.17, 15) is 0 Å². The van der Waals surface area contributed by atoms with Crippen LogP contribution in [0.1, 0.15) is 13.3 Å². The Morgan fingerprint density at radius 1 is 1.83 bits per heavy atom. The molecule has 1 heteroatoms. The monoisotopic (exact) mass is 85.1 g/mol. The third-order valence-electron chi connectivity index (χ3n) is 1.58. The third-order valence-corrected chi connectivity index (χ3v) is 1.58. The zero-order chi connectivity index (χ0) is 4.57. The summed E-state index contributed by atoms with van der Waals surface area (Å²) in [6, 6.07) is 0. The van der Waals surface area contributed by atoms with Crippen LogP contribution in [0, 0.1) is 11.8 Å². The molecule has 0 saturated heterocycles. The van der Waals surface area contributed by atoms with Crippen molar-refractivity contribution in [2.45, 2.75) is 13.3 Å². The van der Waals surface area contributed by atoms with Crippen LogP contribution in [0.15, 0.2) is 0 Å². The molecule has 1 saturated carbocycles. The molecule has 1 aliphatic carbocycles. The van der Waals surface area contributed by atoms with Gasteiger partial charge in [0.25, 0.3) is 0 Å². The first-order valence-electron chi connectivity index (χ1n) is 2.54. The fourth-order valence-corrected chi connectivity index (χ4v) is 0.728. The molecule has 2 atom stereocenters. The van der Waals surface area contributed by atoms with E-state index in [0.29, 0.717) is 0 Å². The Bertz CT molecular complexity index is 49.9. The fraction of sp³-hybridized carbons (Fsp3) is 1.00. The SMILES string of the molecule is C[C@H]1C[C@H]1CN. The molecule has 0 bridgehead atoms. The van der Waals surface area contributed by atoms with E-state index in [-0.39, 0.29) is 0 Å². The van der Waals surface area contributed by atoms with Gasteiger partial charge in [-0.1, -0.05) is 6.92 Å². The summed E-state index contributed by atoms with van der Waals surface area (Å²) in [6.07, 6.45) is 1.37. The van der Waals surface area contributed by atoms with Gasteiger partial charge in [-0.2, -0.15) is 0 Å². The van der Waals surface area contributed by atoms with Gasteiger partial charge in [-0.15, -0.1) is 0 Å². The minimum atomic E-state index is 0.880. The van der Waals surface area contributed by atoms with Crippen molar-refractivity contribution in [3.05, 3.63) is 0 Å². The molecular formula is C5H11N. The second-order valence-corrected chi connectivity index (χ2v) is 2.21. The van der Waals surface area contributed by atoms with E-state index >= 15 is 0 Å². The van der Waals surface area contributed by atoms with E-state index in [0.717, 1.165) is 18.4 Å². The Balaban J connectivity index is 2.09. The molecular weight excluding hydrogens is 74.1 g/mol. The van der Waals surface area contributed by atoms with Crippen LogP contribution in [-0.2, 0) is 0 Å². The minimum absolute atomic E-state index is 0.880. The van der Waals surface area contributed by atoms with Crippen molar-refractivity contribution in [3.63, 3.8) is 0 Å². The van der Waals surface area contributed by atoms with Crippen LogP contribution >= 0.6 is 0 Å². The highest BCUT2D eigenvalue weighted by Gasteiger charge is 2.30. The fourth-order valence-electron chi connectivity index (χ4n) is 0.728. The van der Waals surface area contributed by atoms with Gasteiger partial charge in [-0.3, -0.25) is 0 Å². The lowest BCUT2D eigenvalue weighted by molar-refractivity contribution is 0.761. The molecule has 0 radical (unpaired) electrons. The van der Waals surface area contributed by atoms with Crippen molar-refractivity contribution in [3.8, 4) is 0 Å². The van der Waals surface area contributed by atoms with Crippen molar-refractivity contribution in [2.75, 3.05) is 6.54 Å². The molecule has 1 fully saturated rings. The average Bonchev–Trinajstić information content (AvgIpc) is 2.19. The summed E-state index contributed by atoms with van der Waals surface area (Å²) >= 11 is 0. The second-order valence-electron chi connectivity index (χ2n) is 2.21. The predicted octanol–water partition coefficient (Wildman–Crippen LogP) is 0.601. The molecule has 1 aliphatic rings. The maximum absolute atomic E-state index is 5.32. The van der Waals surface area contributed by atoms with Gasteiger partial charge in [0, 0.05) is 0 Å². The summed E-state index contributed by atoms with van der Waals surface area (Å²) in [6.45, 7) is 3.15. The number of rotatable bonds is 1. The van der Waals surface area contributed by atoms with Crippen LogP contribution in [0.4, 0.5) is 0 Å². The van der Waals surface area contributed by atoms with Crippen LogP contribution in [0.2, 0.25) is 0 Å². The highest BCUT2D eigenvalue weighted by Crippen LogP contribution is 2.35. The molecule has 0 heterocycles. The zero-order valence-corrected chi connectivity index (χ0v) is 4.15. The van der Waals surface area contributed by atoms with Gasteiger partial charge in [-0.05, 0) is 24.8 Å². The van der Waals surface area contributed by atoms with E-state index in [2.05, 4.69) is 6.92 Å². The summed E-state index contributed by atoms with van der Waals surface area (Å²) in [5, 5.41) is 0. The van der Waals surface area contributed by atoms with E-state index in [1.807, 2.05) is 0 Å². The van der Waals surface area contributed by atoms with Gasteiger partial charge in [-0.25, -0.2) is 0 Å². The second kappa shape index (κ2) is 1.23. The van der Waals surface area contributed by atoms with Crippen molar-refractivity contribution >= 4 is 0 Å². The average molecular weight is 85.2 g/mol. The summed E-state index contributed by atoms with van der Waals surface area (Å²) in [5.41, 5.74) is 5.32. The van der Waals surface area contributed by atoms with E-state index < -0.39 is 0 Å². The lowest BCUT2D eigenvalue weighted by atomic mass is 10.3. The lowest BCUT2D eigenvalue weighted by Crippen LogP contribution is -2.00. The van der Waals surface area contributed by atoms with Crippen molar-refractivity contribution in [2.24, 2.45) is 17.6 Å². The third kappa shape index (κ3) is 0.548. The molecule has 2 N–H and O–H groups in total. The first-order chi connectivity index (χ1) is 2.84. The smallest absolute Gasteiger partial charge is 0.00462 e. The van der Waals surface area contributed by atoms with Crippen LogP contribution in [0.5, 0.6) is 0 Å². The van der Waals surface area contributed by atoms with Crippen LogP contribution in [-0.4, -0.2) is 6.54 Å². The standard InChI is InChI=1S/C5H11N/c1-4-2-5(4)3-6/h4-5H,2-3,6H2,1H3/t4-,5-/m0/s1. The summed E-state index contributed by atoms with van der Waals surface area (Å²) in [7, 11) is 0. The van der Waals surface area contributed by atoms with Gasteiger partial charge < -0.3 is 5.73 Å². The maximum atomic E-state index is 5.32. The van der Waals surface area contributed by atoms with Gasteiger partial charge in [0.05, 0.1) is 0 Å². The summed E-state index contributed by atoms with van der Waals surface area (Å²) in [5.74, 6) is 1.82. The molecule has 0 aromatic heterocycles. The molecule has 1 nitrogen and oxygen atoms in total. The maximum Gasteiger partial charge on any atom is -0.00462 e. The Labute approximate surface area is 38.5 Å². The number of hydrogen-bond donors (Lipinski definition) is 1. The quantitative estimate of drug-likeness (QED) is 0.495. The van der Waals surface area contributed by atoms with Gasteiger partial charge in [0.1, 0.15) is 0 Å². The summed E-state index contributed by atoms with van der Waals surface area (Å²) in [4.78, 5) is 0. The Hall–Kier alpha value is -0.0400. The Kier molecular flexibility index (Phi) is 0.845. The van der Waals surface area contributed by atoms with Crippen LogP contribution < -0.4 is 5.73 Å². The highest BCUT2D eigenvalue weighted by molar-refractivity contribution is 4.82. The Morgan fingerprint density at radius 3 is 2.33 bits per heavy atom. The lowest BCUT2D eigenvalue weighted by Gasteiger charge is -1.80. The topological polar surface area (TPSA) is 26.0 Å². The van der Waals surface area contributed by atoms with Crippen molar-refractivity contribution < 1.29 is 0 Å². The first-order valence-corrected chi connectivity index (χ1v) is 2.54. The molecule has 0 amide bonds. The largest absolute Gasteiger partial charge is 0.330 e. The molecule has 0 spiro atoms. The van der Waals surface area contributed by atoms with Crippen molar-refractivity contribution in [1.29, 1.82) is 0 Å². The predicted molar refractivity (Wildman–Crippen MR) is 26.3 cm³/mol. The molecule has 0 aromatic rings. The molecule has 1 rings (SSSR count). The van der Waals surface area contributed by atoms with Gasteiger partial charge >= 0.3 is 0 Å². The normalized spacial score (nSPS) is 43.0. The number of nitrogens with two attached hydrogens (primary N) is 1. The Morgan fingerprint density at radius 2 is 2.33 bits per heavy atom. The van der Waals surface area contributed by atoms with E-state index in [4.69, 9.17) is 5.73 Å². The van der Waals surface area contributed by atoms with E-state index in [1.54, 1.807) is 0 Å². The molecule has 0 unspecified atom stereocenters. The molecule has 0 aromatic carbocycles. The molecule has 6 heavy (non-hydrogen) atoms. The van der Waals surface area contributed by atoms with Gasteiger partial charge in [0.2, 0.25) is 0 Å². The van der Waals surface area contributed by atoms with Crippen molar-refractivity contribution in [1.82, 2.24) is 0 Å².